The van der Waals surface area contributed by atoms with Crippen LogP contribution < -0.4 is 5.73 Å². The fourth-order valence-electron chi connectivity index (χ4n) is 1.29. The van der Waals surface area contributed by atoms with Crippen molar-refractivity contribution in [1.82, 2.24) is 0 Å². The van der Waals surface area contributed by atoms with Gasteiger partial charge in [-0.25, -0.2) is 4.79 Å². The largest absolute Gasteiger partial charge is 0.490 e. The Labute approximate surface area is 95.2 Å². The van der Waals surface area contributed by atoms with E-state index in [-0.39, 0.29) is 6.04 Å². The molecule has 0 heterocycles. The van der Waals surface area contributed by atoms with Crippen LogP contribution in [0.4, 0.5) is 13.2 Å². The number of hydrogen-bond acceptors (Lipinski definition) is 3. The third kappa shape index (κ3) is 7.42. The number of nitrogens with two attached hydrogens (primary N) is 1. The second-order valence-corrected chi connectivity index (χ2v) is 3.58. The van der Waals surface area contributed by atoms with Crippen LogP contribution >= 0.6 is 0 Å². The van der Waals surface area contributed by atoms with Crippen LogP contribution in [0.3, 0.4) is 0 Å². The van der Waals surface area contributed by atoms with Crippen LogP contribution in [0.2, 0.25) is 0 Å². The fraction of sp³-hybridized carbons (Fsp3) is 0.875. The fourth-order valence-corrected chi connectivity index (χ4v) is 1.29. The van der Waals surface area contributed by atoms with E-state index in [0.717, 1.165) is 25.7 Å². The van der Waals surface area contributed by atoms with Crippen LogP contribution in [0.15, 0.2) is 5.11 Å². The molecule has 1 aliphatic rings. The predicted molar refractivity (Wildman–Crippen MR) is 53.1 cm³/mol. The van der Waals surface area contributed by atoms with E-state index in [1.54, 1.807) is 0 Å². The lowest BCUT2D eigenvalue weighted by atomic mass is 9.92. The van der Waals surface area contributed by atoms with Crippen molar-refractivity contribution in [3.05, 3.63) is 10.4 Å². The Bertz CT molecular complexity index is 294. The molecule has 9 heteroatoms. The van der Waals surface area contributed by atoms with Gasteiger partial charge in [-0.3, -0.25) is 0 Å². The molecular weight excluding hydrogens is 241 g/mol. The maximum atomic E-state index is 10.6. The SMILES string of the molecule is O=C(O)C(F)(F)F.[N-]=[N+]=NC1CCC(N)CC1. The predicted octanol–water partition coefficient (Wildman–Crippen LogP) is 2.20. The number of rotatable bonds is 1. The molecule has 0 aromatic rings. The number of carbonyl (C=O) groups is 1. The normalized spacial score (nSPS) is 24.0. The van der Waals surface area contributed by atoms with Crippen LogP contribution in [0.25, 0.3) is 10.4 Å². The van der Waals surface area contributed by atoms with E-state index in [0.29, 0.717) is 6.04 Å². The number of alkyl halides is 3. The average Bonchev–Trinajstić information content (AvgIpc) is 2.21. The van der Waals surface area contributed by atoms with E-state index >= 15 is 0 Å². The Morgan fingerprint density at radius 3 is 2.06 bits per heavy atom. The van der Waals surface area contributed by atoms with Crippen molar-refractivity contribution in [3.63, 3.8) is 0 Å². The van der Waals surface area contributed by atoms with Gasteiger partial charge < -0.3 is 10.8 Å². The lowest BCUT2D eigenvalue weighted by Gasteiger charge is -2.21. The molecule has 3 N–H and O–H groups in total. The van der Waals surface area contributed by atoms with Crippen molar-refractivity contribution in [2.24, 2.45) is 10.8 Å². The summed E-state index contributed by atoms with van der Waals surface area (Å²) >= 11 is 0. The van der Waals surface area contributed by atoms with Gasteiger partial charge in [0.1, 0.15) is 0 Å². The summed E-state index contributed by atoms with van der Waals surface area (Å²) in [6.45, 7) is 0. The topological polar surface area (TPSA) is 112 Å². The minimum absolute atomic E-state index is 0.213. The molecule has 0 aromatic carbocycles. The molecule has 1 fully saturated rings. The molecule has 0 spiro atoms. The molecule has 0 amide bonds. The average molecular weight is 254 g/mol. The number of carboxylic acid groups (broad SMARTS) is 1. The highest BCUT2D eigenvalue weighted by atomic mass is 19.4. The molecule has 98 valence electrons. The number of azide groups is 1. The first-order chi connectivity index (χ1) is 7.77. The minimum atomic E-state index is -5.08. The van der Waals surface area contributed by atoms with Crippen molar-refractivity contribution in [2.75, 3.05) is 0 Å². The van der Waals surface area contributed by atoms with Crippen LogP contribution in [-0.2, 0) is 4.79 Å². The second kappa shape index (κ2) is 6.97. The Morgan fingerprint density at radius 2 is 1.76 bits per heavy atom. The molecule has 17 heavy (non-hydrogen) atoms. The summed E-state index contributed by atoms with van der Waals surface area (Å²) in [4.78, 5) is 11.7. The summed E-state index contributed by atoms with van der Waals surface area (Å²) in [7, 11) is 0. The van der Waals surface area contributed by atoms with Gasteiger partial charge in [-0.2, -0.15) is 13.2 Å². The van der Waals surface area contributed by atoms with E-state index < -0.39 is 12.1 Å². The van der Waals surface area contributed by atoms with Gasteiger partial charge in [0.15, 0.2) is 0 Å². The Kier molecular flexibility index (Phi) is 6.37. The van der Waals surface area contributed by atoms with Crippen molar-refractivity contribution in [2.45, 2.75) is 43.9 Å². The quantitative estimate of drug-likeness (QED) is 0.424. The Morgan fingerprint density at radius 1 is 1.35 bits per heavy atom. The van der Waals surface area contributed by atoms with E-state index in [1.807, 2.05) is 0 Å². The molecule has 0 aliphatic heterocycles. The van der Waals surface area contributed by atoms with Gasteiger partial charge in [-0.1, -0.05) is 5.11 Å². The van der Waals surface area contributed by atoms with E-state index in [2.05, 4.69) is 10.0 Å². The molecular formula is C8H13F3N4O2. The summed E-state index contributed by atoms with van der Waals surface area (Å²) in [5, 5.41) is 10.8. The van der Waals surface area contributed by atoms with Gasteiger partial charge in [0.05, 0.1) is 0 Å². The monoisotopic (exact) mass is 254 g/mol. The summed E-state index contributed by atoms with van der Waals surface area (Å²) in [6, 6.07) is 0.551. The van der Waals surface area contributed by atoms with Crippen LogP contribution in [0.1, 0.15) is 25.7 Å². The molecule has 0 unspecified atom stereocenters. The maximum Gasteiger partial charge on any atom is 0.490 e. The molecule has 1 aliphatic carbocycles. The van der Waals surface area contributed by atoms with Gasteiger partial charge in [0.2, 0.25) is 0 Å². The number of nitrogens with zero attached hydrogens (tertiary/aromatic N) is 3. The van der Waals surface area contributed by atoms with Crippen molar-refractivity contribution in [3.8, 4) is 0 Å². The highest BCUT2D eigenvalue weighted by Crippen LogP contribution is 2.19. The Balaban J connectivity index is 0.000000325. The van der Waals surface area contributed by atoms with Crippen LogP contribution in [0, 0.1) is 0 Å². The maximum absolute atomic E-state index is 10.6. The van der Waals surface area contributed by atoms with Gasteiger partial charge in [0.25, 0.3) is 0 Å². The van der Waals surface area contributed by atoms with Crippen molar-refractivity contribution < 1.29 is 23.1 Å². The molecule has 0 bridgehead atoms. The van der Waals surface area contributed by atoms with Crippen LogP contribution in [-0.4, -0.2) is 29.3 Å². The highest BCUT2D eigenvalue weighted by molar-refractivity contribution is 5.73. The van der Waals surface area contributed by atoms with E-state index in [1.165, 1.54) is 0 Å². The van der Waals surface area contributed by atoms with Gasteiger partial charge in [0, 0.05) is 17.0 Å². The molecule has 1 rings (SSSR count). The molecule has 0 radical (unpaired) electrons. The zero-order chi connectivity index (χ0) is 13.5. The molecule has 6 nitrogen and oxygen atoms in total. The summed E-state index contributed by atoms with van der Waals surface area (Å²) < 4.78 is 31.7. The standard InChI is InChI=1S/C6H12N4.C2HF3O2/c7-5-1-3-6(4-2-5)9-10-8;3-2(4,5)1(6)7/h5-6H,1-4,7H2;(H,6,7). The first-order valence-electron chi connectivity index (χ1n) is 4.87. The van der Waals surface area contributed by atoms with Gasteiger partial charge in [-0.15, -0.1) is 0 Å². The van der Waals surface area contributed by atoms with E-state index in [4.69, 9.17) is 21.2 Å². The number of aliphatic carboxylic acids is 1. The van der Waals surface area contributed by atoms with Crippen molar-refractivity contribution >= 4 is 5.97 Å². The number of halogens is 3. The molecule has 0 atom stereocenters. The smallest absolute Gasteiger partial charge is 0.475 e. The van der Waals surface area contributed by atoms with Gasteiger partial charge in [-0.05, 0) is 31.2 Å². The first-order valence-corrected chi connectivity index (χ1v) is 4.87. The number of carboxylic acids is 1. The summed E-state index contributed by atoms with van der Waals surface area (Å²) in [5.41, 5.74) is 13.8. The number of hydrogen-bond donors (Lipinski definition) is 2. The third-order valence-corrected chi connectivity index (χ3v) is 2.20. The first kappa shape index (κ1) is 15.5. The zero-order valence-electron chi connectivity index (χ0n) is 8.89. The van der Waals surface area contributed by atoms with Crippen molar-refractivity contribution in [1.29, 1.82) is 0 Å². The summed E-state index contributed by atoms with van der Waals surface area (Å²) in [6.07, 6.45) is -1.15. The molecule has 1 saturated carbocycles. The second-order valence-electron chi connectivity index (χ2n) is 3.58. The molecule has 0 aromatic heterocycles. The van der Waals surface area contributed by atoms with Gasteiger partial charge >= 0.3 is 12.1 Å². The highest BCUT2D eigenvalue weighted by Gasteiger charge is 2.38. The lowest BCUT2D eigenvalue weighted by molar-refractivity contribution is -0.192. The zero-order valence-corrected chi connectivity index (χ0v) is 8.89. The van der Waals surface area contributed by atoms with Crippen LogP contribution in [0.5, 0.6) is 0 Å². The van der Waals surface area contributed by atoms with E-state index in [9.17, 15) is 13.2 Å². The Hall–Kier alpha value is -1.47. The minimum Gasteiger partial charge on any atom is -0.475 e. The molecule has 0 saturated heterocycles. The summed E-state index contributed by atoms with van der Waals surface area (Å²) in [5.74, 6) is -2.76. The lowest BCUT2D eigenvalue weighted by Crippen LogP contribution is -2.27. The third-order valence-electron chi connectivity index (χ3n) is 2.20.